The molecule has 1 aliphatic heterocycles. The van der Waals surface area contributed by atoms with Crippen LogP contribution in [0.1, 0.15) is 31.4 Å². The van der Waals surface area contributed by atoms with Crippen molar-refractivity contribution in [2.45, 2.75) is 32.4 Å². The van der Waals surface area contributed by atoms with Gasteiger partial charge >= 0.3 is 6.61 Å². The Morgan fingerprint density at radius 2 is 2.20 bits per heavy atom. The second-order valence-corrected chi connectivity index (χ2v) is 5.13. The third kappa shape index (κ3) is 4.42. The lowest BCUT2D eigenvalue weighted by Crippen LogP contribution is -2.31. The quantitative estimate of drug-likeness (QED) is 0.869. The number of hydrogen-bond acceptors (Lipinski definition) is 3. The lowest BCUT2D eigenvalue weighted by atomic mass is 10.0. The molecule has 0 saturated carbocycles. The molecule has 0 bridgehead atoms. The Kier molecular flexibility index (Phi) is 5.73. The van der Waals surface area contributed by atoms with Crippen molar-refractivity contribution in [2.75, 3.05) is 19.8 Å². The number of halogens is 2. The molecule has 2 atom stereocenters. The van der Waals surface area contributed by atoms with E-state index in [0.717, 1.165) is 38.2 Å². The molecular weight excluding hydrogens is 264 g/mol. The van der Waals surface area contributed by atoms with Crippen LogP contribution in [-0.4, -0.2) is 26.4 Å². The molecule has 0 aromatic heterocycles. The summed E-state index contributed by atoms with van der Waals surface area (Å²) in [4.78, 5) is 0. The topological polar surface area (TPSA) is 30.5 Å². The van der Waals surface area contributed by atoms with Crippen LogP contribution >= 0.6 is 0 Å². The molecule has 0 aliphatic carbocycles. The Bertz CT molecular complexity index is 409. The summed E-state index contributed by atoms with van der Waals surface area (Å²) in [7, 11) is 0. The first-order valence-corrected chi connectivity index (χ1v) is 7.01. The van der Waals surface area contributed by atoms with Crippen molar-refractivity contribution in [2.24, 2.45) is 5.92 Å². The number of para-hydroxylation sites is 1. The van der Waals surface area contributed by atoms with Crippen LogP contribution in [0.3, 0.4) is 0 Å². The average Bonchev–Trinajstić information content (AvgIpc) is 2.46. The molecule has 3 nitrogen and oxygen atoms in total. The third-order valence-electron chi connectivity index (χ3n) is 3.57. The molecule has 1 aliphatic rings. The van der Waals surface area contributed by atoms with Crippen LogP contribution in [0.4, 0.5) is 8.78 Å². The summed E-state index contributed by atoms with van der Waals surface area (Å²) in [6, 6.07) is 6.88. The molecule has 2 rings (SSSR count). The van der Waals surface area contributed by atoms with Crippen molar-refractivity contribution >= 4 is 0 Å². The van der Waals surface area contributed by atoms with Crippen LogP contribution in [0.15, 0.2) is 24.3 Å². The minimum absolute atomic E-state index is 0.0353. The number of ether oxygens (including phenoxy) is 2. The minimum atomic E-state index is -2.80. The fourth-order valence-electron chi connectivity index (χ4n) is 2.46. The van der Waals surface area contributed by atoms with Gasteiger partial charge in [-0.25, -0.2) is 0 Å². The van der Waals surface area contributed by atoms with E-state index in [9.17, 15) is 8.78 Å². The lowest BCUT2D eigenvalue weighted by Gasteiger charge is -2.25. The Labute approximate surface area is 118 Å². The van der Waals surface area contributed by atoms with E-state index in [0.29, 0.717) is 5.92 Å². The standard InChI is InChI=1S/C15H21F2NO2/c1-11(18-9-12-5-4-8-19-10-12)13-6-2-3-7-14(13)20-15(16)17/h2-3,6-7,11-12,15,18H,4-5,8-10H2,1H3. The Morgan fingerprint density at radius 3 is 2.90 bits per heavy atom. The van der Waals surface area contributed by atoms with Crippen molar-refractivity contribution in [3.05, 3.63) is 29.8 Å². The van der Waals surface area contributed by atoms with Gasteiger partial charge in [-0.1, -0.05) is 18.2 Å². The van der Waals surface area contributed by atoms with Crippen LogP contribution in [0.2, 0.25) is 0 Å². The molecule has 5 heteroatoms. The third-order valence-corrected chi connectivity index (χ3v) is 3.57. The van der Waals surface area contributed by atoms with Crippen LogP contribution < -0.4 is 10.1 Å². The van der Waals surface area contributed by atoms with Gasteiger partial charge in [0.2, 0.25) is 0 Å². The molecule has 1 fully saturated rings. The van der Waals surface area contributed by atoms with E-state index in [1.807, 2.05) is 19.1 Å². The Balaban J connectivity index is 1.92. The maximum Gasteiger partial charge on any atom is 0.387 e. The van der Waals surface area contributed by atoms with Crippen molar-refractivity contribution < 1.29 is 18.3 Å². The molecule has 112 valence electrons. The molecular formula is C15H21F2NO2. The molecule has 1 aromatic carbocycles. The van der Waals surface area contributed by atoms with E-state index in [2.05, 4.69) is 10.1 Å². The molecule has 2 unspecified atom stereocenters. The van der Waals surface area contributed by atoms with E-state index < -0.39 is 6.61 Å². The predicted octanol–water partition coefficient (Wildman–Crippen LogP) is 3.37. The van der Waals surface area contributed by atoms with Gasteiger partial charge in [-0.3, -0.25) is 0 Å². The van der Waals surface area contributed by atoms with Gasteiger partial charge in [0, 0.05) is 24.8 Å². The van der Waals surface area contributed by atoms with Crippen LogP contribution in [0.25, 0.3) is 0 Å². The first-order chi connectivity index (χ1) is 9.66. The number of benzene rings is 1. The van der Waals surface area contributed by atoms with Gasteiger partial charge in [0.1, 0.15) is 5.75 Å². The van der Waals surface area contributed by atoms with E-state index in [1.165, 1.54) is 0 Å². The van der Waals surface area contributed by atoms with Crippen LogP contribution in [0, 0.1) is 5.92 Å². The average molecular weight is 285 g/mol. The van der Waals surface area contributed by atoms with Crippen LogP contribution in [0.5, 0.6) is 5.75 Å². The highest BCUT2D eigenvalue weighted by molar-refractivity contribution is 5.35. The predicted molar refractivity (Wildman–Crippen MR) is 73.0 cm³/mol. The zero-order valence-electron chi connectivity index (χ0n) is 11.6. The summed E-state index contributed by atoms with van der Waals surface area (Å²) >= 11 is 0. The SMILES string of the molecule is CC(NCC1CCCOC1)c1ccccc1OC(F)F. The largest absolute Gasteiger partial charge is 0.434 e. The molecule has 1 saturated heterocycles. The smallest absolute Gasteiger partial charge is 0.387 e. The van der Waals surface area contributed by atoms with Crippen molar-refractivity contribution in [3.8, 4) is 5.75 Å². The van der Waals surface area contributed by atoms with Gasteiger partial charge in [-0.05, 0) is 31.7 Å². The highest BCUT2D eigenvalue weighted by Crippen LogP contribution is 2.26. The van der Waals surface area contributed by atoms with Crippen molar-refractivity contribution in [1.29, 1.82) is 0 Å². The van der Waals surface area contributed by atoms with E-state index in [-0.39, 0.29) is 11.8 Å². The number of alkyl halides is 2. The first-order valence-electron chi connectivity index (χ1n) is 7.01. The Morgan fingerprint density at radius 1 is 1.40 bits per heavy atom. The minimum Gasteiger partial charge on any atom is -0.434 e. The molecule has 0 radical (unpaired) electrons. The molecule has 0 spiro atoms. The maximum atomic E-state index is 12.4. The summed E-state index contributed by atoms with van der Waals surface area (Å²) < 4.78 is 34.8. The summed E-state index contributed by atoms with van der Waals surface area (Å²) in [5.74, 6) is 0.733. The summed E-state index contributed by atoms with van der Waals surface area (Å²) in [5, 5.41) is 3.38. The van der Waals surface area contributed by atoms with Gasteiger partial charge in [0.15, 0.2) is 0 Å². The number of rotatable bonds is 6. The van der Waals surface area contributed by atoms with Gasteiger partial charge in [0.25, 0.3) is 0 Å². The highest BCUT2D eigenvalue weighted by atomic mass is 19.3. The van der Waals surface area contributed by atoms with Crippen molar-refractivity contribution in [1.82, 2.24) is 5.32 Å². The maximum absolute atomic E-state index is 12.4. The number of hydrogen-bond donors (Lipinski definition) is 1. The van der Waals surface area contributed by atoms with Gasteiger partial charge < -0.3 is 14.8 Å². The van der Waals surface area contributed by atoms with Gasteiger partial charge in [-0.15, -0.1) is 0 Å². The lowest BCUT2D eigenvalue weighted by molar-refractivity contribution is -0.0506. The first kappa shape index (κ1) is 15.2. The van der Waals surface area contributed by atoms with E-state index >= 15 is 0 Å². The normalized spacial score (nSPS) is 20.9. The Hall–Kier alpha value is -1.20. The zero-order valence-corrected chi connectivity index (χ0v) is 11.6. The van der Waals surface area contributed by atoms with E-state index in [4.69, 9.17) is 4.74 Å². The molecule has 1 N–H and O–H groups in total. The fourth-order valence-corrected chi connectivity index (χ4v) is 2.46. The fraction of sp³-hybridized carbons (Fsp3) is 0.600. The second kappa shape index (κ2) is 7.55. The summed E-state index contributed by atoms with van der Waals surface area (Å²) in [5.41, 5.74) is 0.754. The van der Waals surface area contributed by atoms with E-state index in [1.54, 1.807) is 12.1 Å². The van der Waals surface area contributed by atoms with Crippen LogP contribution in [-0.2, 0) is 4.74 Å². The second-order valence-electron chi connectivity index (χ2n) is 5.13. The zero-order chi connectivity index (χ0) is 14.4. The molecule has 1 aromatic rings. The highest BCUT2D eigenvalue weighted by Gasteiger charge is 2.17. The molecule has 0 amide bonds. The number of nitrogens with one attached hydrogen (secondary N) is 1. The molecule has 1 heterocycles. The van der Waals surface area contributed by atoms with Crippen molar-refractivity contribution in [3.63, 3.8) is 0 Å². The summed E-state index contributed by atoms with van der Waals surface area (Å²) in [6.07, 6.45) is 2.24. The molecule has 20 heavy (non-hydrogen) atoms. The monoisotopic (exact) mass is 285 g/mol. The van der Waals surface area contributed by atoms with Gasteiger partial charge in [0.05, 0.1) is 6.61 Å². The summed E-state index contributed by atoms with van der Waals surface area (Å²) in [6.45, 7) is 1.60. The van der Waals surface area contributed by atoms with Gasteiger partial charge in [-0.2, -0.15) is 8.78 Å².